The number of aromatic nitrogens is 2. The van der Waals surface area contributed by atoms with Crippen LogP contribution in [-0.4, -0.2) is 60.0 Å². The molecule has 0 bridgehead atoms. The molecule has 0 spiro atoms. The topological polar surface area (TPSA) is 112 Å². The molecule has 1 aromatic heterocycles. The van der Waals surface area contributed by atoms with E-state index < -0.39 is 29.8 Å². The Morgan fingerprint density at radius 3 is 2.38 bits per heavy atom. The van der Waals surface area contributed by atoms with Crippen LogP contribution in [0.5, 0.6) is 0 Å². The Morgan fingerprint density at radius 1 is 1.27 bits per heavy atom. The van der Waals surface area contributed by atoms with E-state index in [1.54, 1.807) is 31.8 Å². The van der Waals surface area contributed by atoms with Crippen molar-refractivity contribution < 1.29 is 23.9 Å². The maximum atomic E-state index is 12.7. The standard InChI is InChI=1S/C16H24N4O5.ClH/c1-4-24-15(22)13(16(23)25-5-2)19-14(21)12-8-17-7-11(12)10-6-18-20(3)9-10;/h6,9,11-13,17H,4-5,7-8H2,1-3H3,(H,19,21);1H/t11-,12+;/m1./s1. The Balaban J connectivity index is 0.00000338. The van der Waals surface area contributed by atoms with Gasteiger partial charge in [-0.3, -0.25) is 9.48 Å². The Morgan fingerprint density at radius 2 is 1.88 bits per heavy atom. The summed E-state index contributed by atoms with van der Waals surface area (Å²) in [6, 6.07) is -1.46. The van der Waals surface area contributed by atoms with Gasteiger partial charge in [0, 0.05) is 32.3 Å². The highest BCUT2D eigenvalue weighted by Gasteiger charge is 2.39. The Bertz CT molecular complexity index is 618. The van der Waals surface area contributed by atoms with Crippen LogP contribution in [0.3, 0.4) is 0 Å². The van der Waals surface area contributed by atoms with Gasteiger partial charge in [-0.1, -0.05) is 0 Å². The maximum absolute atomic E-state index is 12.7. The van der Waals surface area contributed by atoms with E-state index in [9.17, 15) is 14.4 Å². The van der Waals surface area contributed by atoms with Crippen LogP contribution in [-0.2, 0) is 30.9 Å². The van der Waals surface area contributed by atoms with Gasteiger partial charge in [0.1, 0.15) is 0 Å². The molecule has 1 saturated heterocycles. The lowest BCUT2D eigenvalue weighted by atomic mass is 9.90. The van der Waals surface area contributed by atoms with Gasteiger partial charge >= 0.3 is 11.9 Å². The van der Waals surface area contributed by atoms with Gasteiger partial charge in [-0.05, 0) is 19.4 Å². The number of carbonyl (C=O) groups is 3. The molecule has 9 nitrogen and oxygen atoms in total. The van der Waals surface area contributed by atoms with Gasteiger partial charge in [0.2, 0.25) is 11.9 Å². The molecule has 2 rings (SSSR count). The van der Waals surface area contributed by atoms with E-state index in [4.69, 9.17) is 9.47 Å². The number of nitrogens with zero attached hydrogens (tertiary/aromatic N) is 2. The third-order valence-electron chi connectivity index (χ3n) is 4.04. The van der Waals surface area contributed by atoms with Crippen LogP contribution in [0.25, 0.3) is 0 Å². The number of carbonyl (C=O) groups excluding carboxylic acids is 3. The van der Waals surface area contributed by atoms with Crippen molar-refractivity contribution in [1.29, 1.82) is 0 Å². The van der Waals surface area contributed by atoms with Gasteiger partial charge in [0.15, 0.2) is 0 Å². The summed E-state index contributed by atoms with van der Waals surface area (Å²) >= 11 is 0. The molecular weight excluding hydrogens is 364 g/mol. The number of amides is 1. The molecule has 0 aliphatic carbocycles. The first-order valence-corrected chi connectivity index (χ1v) is 8.30. The van der Waals surface area contributed by atoms with Crippen molar-refractivity contribution >= 4 is 30.3 Å². The second-order valence-electron chi connectivity index (χ2n) is 5.76. The van der Waals surface area contributed by atoms with E-state index >= 15 is 0 Å². The summed E-state index contributed by atoms with van der Waals surface area (Å²) in [5, 5.41) is 9.77. The molecule has 0 saturated carbocycles. The minimum absolute atomic E-state index is 0. The monoisotopic (exact) mass is 388 g/mol. The lowest BCUT2D eigenvalue weighted by molar-refractivity contribution is -0.160. The van der Waals surface area contributed by atoms with Crippen molar-refractivity contribution in [3.63, 3.8) is 0 Å². The molecule has 1 aliphatic heterocycles. The molecule has 2 heterocycles. The summed E-state index contributed by atoms with van der Waals surface area (Å²) in [6.45, 7) is 4.53. The number of aryl methyl sites for hydroxylation is 1. The smallest absolute Gasteiger partial charge is 0.340 e. The normalized spacial score (nSPS) is 18.9. The van der Waals surface area contributed by atoms with Crippen molar-refractivity contribution in [3.8, 4) is 0 Å². The van der Waals surface area contributed by atoms with Crippen LogP contribution < -0.4 is 10.6 Å². The quantitative estimate of drug-likeness (QED) is 0.489. The van der Waals surface area contributed by atoms with Crippen LogP contribution in [0.1, 0.15) is 25.3 Å². The Hall–Kier alpha value is -2.13. The fourth-order valence-corrected chi connectivity index (χ4v) is 2.85. The van der Waals surface area contributed by atoms with Gasteiger partial charge in [0.05, 0.1) is 25.3 Å². The summed E-state index contributed by atoms with van der Waals surface area (Å²) < 4.78 is 11.4. The molecule has 0 unspecified atom stereocenters. The van der Waals surface area contributed by atoms with E-state index in [-0.39, 0.29) is 31.5 Å². The van der Waals surface area contributed by atoms with Crippen LogP contribution in [0.2, 0.25) is 0 Å². The van der Waals surface area contributed by atoms with Crippen LogP contribution in [0.4, 0.5) is 0 Å². The Kier molecular flexibility index (Phi) is 8.53. The summed E-state index contributed by atoms with van der Waals surface area (Å²) in [4.78, 5) is 36.7. The van der Waals surface area contributed by atoms with Gasteiger partial charge < -0.3 is 20.1 Å². The van der Waals surface area contributed by atoms with Gasteiger partial charge in [-0.15, -0.1) is 12.4 Å². The zero-order chi connectivity index (χ0) is 18.4. The first-order chi connectivity index (χ1) is 12.0. The highest BCUT2D eigenvalue weighted by molar-refractivity contribution is 6.02. The zero-order valence-electron chi connectivity index (χ0n) is 15.1. The van der Waals surface area contributed by atoms with Crippen molar-refractivity contribution in [2.24, 2.45) is 13.0 Å². The SMILES string of the molecule is CCOC(=O)C(NC(=O)[C@H]1CNC[C@@H]1c1cnn(C)c1)C(=O)OCC.Cl. The summed E-state index contributed by atoms with van der Waals surface area (Å²) in [5.74, 6) is -2.55. The molecule has 1 amide bonds. The molecule has 0 aromatic carbocycles. The van der Waals surface area contributed by atoms with Gasteiger partial charge in [-0.2, -0.15) is 5.10 Å². The summed E-state index contributed by atoms with van der Waals surface area (Å²) in [5.41, 5.74) is 0.927. The van der Waals surface area contributed by atoms with Crippen LogP contribution in [0, 0.1) is 5.92 Å². The van der Waals surface area contributed by atoms with Crippen LogP contribution >= 0.6 is 12.4 Å². The van der Waals surface area contributed by atoms with Gasteiger partial charge in [0.25, 0.3) is 0 Å². The lowest BCUT2D eigenvalue weighted by Gasteiger charge is -2.21. The maximum Gasteiger partial charge on any atom is 0.340 e. The predicted octanol–water partition coefficient (Wildman–Crippen LogP) is -0.244. The second-order valence-corrected chi connectivity index (χ2v) is 5.76. The first-order valence-electron chi connectivity index (χ1n) is 8.30. The van der Waals surface area contributed by atoms with Crippen molar-refractivity contribution in [3.05, 3.63) is 18.0 Å². The van der Waals surface area contributed by atoms with Gasteiger partial charge in [-0.25, -0.2) is 9.59 Å². The summed E-state index contributed by atoms with van der Waals surface area (Å²) in [7, 11) is 1.80. The number of nitrogens with one attached hydrogen (secondary N) is 2. The van der Waals surface area contributed by atoms with E-state index in [0.717, 1.165) is 5.56 Å². The molecular formula is C16H25ClN4O5. The van der Waals surface area contributed by atoms with Crippen LogP contribution in [0.15, 0.2) is 12.4 Å². The third kappa shape index (κ3) is 5.18. The first kappa shape index (κ1) is 21.9. The number of rotatable bonds is 7. The van der Waals surface area contributed by atoms with E-state index in [0.29, 0.717) is 13.1 Å². The molecule has 2 N–H and O–H groups in total. The minimum Gasteiger partial charge on any atom is -0.464 e. The van der Waals surface area contributed by atoms with Crippen molar-refractivity contribution in [2.75, 3.05) is 26.3 Å². The average Bonchev–Trinajstić information content (AvgIpc) is 3.21. The van der Waals surface area contributed by atoms with Crippen molar-refractivity contribution in [1.82, 2.24) is 20.4 Å². The number of hydrogen-bond donors (Lipinski definition) is 2. The molecule has 1 aromatic rings. The van der Waals surface area contributed by atoms with E-state index in [1.807, 2.05) is 6.20 Å². The van der Waals surface area contributed by atoms with E-state index in [2.05, 4.69) is 15.7 Å². The molecule has 2 atom stereocenters. The summed E-state index contributed by atoms with van der Waals surface area (Å²) in [6.07, 6.45) is 3.57. The van der Waals surface area contributed by atoms with E-state index in [1.165, 1.54) is 0 Å². The molecule has 146 valence electrons. The highest BCUT2D eigenvalue weighted by Crippen LogP contribution is 2.28. The third-order valence-corrected chi connectivity index (χ3v) is 4.04. The molecule has 26 heavy (non-hydrogen) atoms. The predicted molar refractivity (Wildman–Crippen MR) is 94.8 cm³/mol. The van der Waals surface area contributed by atoms with Crippen molar-refractivity contribution in [2.45, 2.75) is 25.8 Å². The number of esters is 2. The highest BCUT2D eigenvalue weighted by atomic mass is 35.5. The zero-order valence-corrected chi connectivity index (χ0v) is 15.9. The average molecular weight is 389 g/mol. The number of ether oxygens (including phenoxy) is 2. The largest absolute Gasteiger partial charge is 0.464 e. The lowest BCUT2D eigenvalue weighted by Crippen LogP contribution is -2.50. The number of hydrogen-bond acceptors (Lipinski definition) is 7. The molecule has 0 radical (unpaired) electrons. The Labute approximate surface area is 158 Å². The molecule has 1 fully saturated rings. The number of halogens is 1. The fourth-order valence-electron chi connectivity index (χ4n) is 2.85. The molecule has 1 aliphatic rings. The minimum atomic E-state index is -1.46. The second kappa shape index (κ2) is 10.1. The molecule has 10 heteroatoms. The fraction of sp³-hybridized carbons (Fsp3) is 0.625.